The number of nitrogens with zero attached hydrogens (tertiary/aromatic N) is 1. The lowest BCUT2D eigenvalue weighted by Crippen LogP contribution is -2.01. The predicted octanol–water partition coefficient (Wildman–Crippen LogP) is 4.63. The van der Waals surface area contributed by atoms with Crippen molar-refractivity contribution in [2.24, 2.45) is 5.16 Å². The van der Waals surface area contributed by atoms with Crippen LogP contribution >= 0.6 is 0 Å². The van der Waals surface area contributed by atoms with E-state index in [1.807, 2.05) is 37.3 Å². The fourth-order valence-corrected chi connectivity index (χ4v) is 2.63. The number of hydrogen-bond acceptors (Lipinski definition) is 4. The lowest BCUT2D eigenvalue weighted by molar-refractivity contribution is 0.270. The van der Waals surface area contributed by atoms with Gasteiger partial charge in [-0.15, -0.1) is 0 Å². The molecule has 0 heterocycles. The molecule has 0 amide bonds. The van der Waals surface area contributed by atoms with E-state index in [1.54, 1.807) is 6.07 Å². The van der Waals surface area contributed by atoms with Gasteiger partial charge in [0.1, 0.15) is 6.61 Å². The van der Waals surface area contributed by atoms with Crippen LogP contribution in [0.5, 0.6) is 11.5 Å². The molecular weight excluding hydrogens is 302 g/mol. The van der Waals surface area contributed by atoms with Crippen LogP contribution in [0.4, 0.5) is 0 Å². The molecule has 0 saturated carbocycles. The summed E-state index contributed by atoms with van der Waals surface area (Å²) >= 11 is 0. The maximum Gasteiger partial charge on any atom is 0.161 e. The van der Waals surface area contributed by atoms with Crippen molar-refractivity contribution in [1.82, 2.24) is 0 Å². The van der Waals surface area contributed by atoms with E-state index in [-0.39, 0.29) is 0 Å². The molecule has 0 radical (unpaired) electrons. The fourth-order valence-electron chi connectivity index (χ4n) is 2.63. The second-order valence-corrected chi connectivity index (χ2v) is 5.31. The summed E-state index contributed by atoms with van der Waals surface area (Å²) in [5.41, 5.74) is 1.87. The molecule has 0 aliphatic carbocycles. The molecule has 0 fully saturated rings. The lowest BCUT2D eigenvalue weighted by Gasteiger charge is -2.13. The van der Waals surface area contributed by atoms with Crippen molar-refractivity contribution in [3.8, 4) is 11.5 Å². The molecule has 4 heteroatoms. The molecule has 0 unspecified atom stereocenters. The molecule has 0 spiro atoms. The molecule has 1 N–H and O–H groups in total. The molecule has 24 heavy (non-hydrogen) atoms. The first-order valence-electron chi connectivity index (χ1n) is 7.85. The van der Waals surface area contributed by atoms with Crippen LogP contribution in [0, 0.1) is 0 Å². The average Bonchev–Trinajstić information content (AvgIpc) is 2.61. The maximum atomic E-state index is 8.66. The highest BCUT2D eigenvalue weighted by molar-refractivity contribution is 5.85. The zero-order valence-electron chi connectivity index (χ0n) is 13.5. The molecule has 0 aliphatic heterocycles. The number of ether oxygens (including phenoxy) is 2. The topological polar surface area (TPSA) is 51.0 Å². The smallest absolute Gasteiger partial charge is 0.161 e. The van der Waals surface area contributed by atoms with E-state index >= 15 is 0 Å². The van der Waals surface area contributed by atoms with Gasteiger partial charge in [-0.1, -0.05) is 47.6 Å². The third kappa shape index (κ3) is 3.49. The van der Waals surface area contributed by atoms with Gasteiger partial charge in [-0.05, 0) is 41.5 Å². The van der Waals surface area contributed by atoms with Crippen LogP contribution in [0.3, 0.4) is 0 Å². The molecule has 0 atom stereocenters. The summed E-state index contributed by atoms with van der Waals surface area (Å²) in [7, 11) is 0. The zero-order chi connectivity index (χ0) is 16.8. The van der Waals surface area contributed by atoms with Gasteiger partial charge in [0.15, 0.2) is 11.5 Å². The number of benzene rings is 3. The highest BCUT2D eigenvalue weighted by Crippen LogP contribution is 2.29. The number of oxime groups is 1. The lowest BCUT2D eigenvalue weighted by atomic mass is 10.1. The van der Waals surface area contributed by atoms with Gasteiger partial charge in [-0.3, -0.25) is 0 Å². The zero-order valence-corrected chi connectivity index (χ0v) is 13.5. The van der Waals surface area contributed by atoms with Crippen molar-refractivity contribution in [2.45, 2.75) is 13.5 Å². The second-order valence-electron chi connectivity index (χ2n) is 5.31. The average molecular weight is 321 g/mol. The van der Waals surface area contributed by atoms with Gasteiger partial charge >= 0.3 is 0 Å². The Morgan fingerprint density at radius 3 is 2.62 bits per heavy atom. The van der Waals surface area contributed by atoms with E-state index in [2.05, 4.69) is 29.4 Å². The Hall–Kier alpha value is -3.01. The molecule has 3 rings (SSSR count). The minimum absolute atomic E-state index is 0.453. The van der Waals surface area contributed by atoms with Crippen molar-refractivity contribution < 1.29 is 14.7 Å². The van der Waals surface area contributed by atoms with E-state index < -0.39 is 0 Å². The van der Waals surface area contributed by atoms with E-state index in [1.165, 1.54) is 17.0 Å². The molecule has 3 aromatic rings. The molecule has 0 aliphatic rings. The maximum absolute atomic E-state index is 8.66. The molecule has 122 valence electrons. The van der Waals surface area contributed by atoms with Crippen LogP contribution in [-0.2, 0) is 6.61 Å². The number of fused-ring (bicyclic) bond motifs is 1. The molecule has 3 aromatic carbocycles. The van der Waals surface area contributed by atoms with Crippen LogP contribution in [0.1, 0.15) is 18.1 Å². The van der Waals surface area contributed by atoms with Gasteiger partial charge in [0, 0.05) is 5.56 Å². The summed E-state index contributed by atoms with van der Waals surface area (Å²) in [6, 6.07) is 19.9. The second kappa shape index (κ2) is 7.51. The van der Waals surface area contributed by atoms with Gasteiger partial charge in [-0.2, -0.15) is 0 Å². The van der Waals surface area contributed by atoms with Gasteiger partial charge in [0.25, 0.3) is 0 Å². The number of rotatable bonds is 6. The molecule has 0 saturated heterocycles. The summed E-state index contributed by atoms with van der Waals surface area (Å²) in [4.78, 5) is 0. The Morgan fingerprint density at radius 1 is 0.958 bits per heavy atom. The Morgan fingerprint density at radius 2 is 1.79 bits per heavy atom. The third-order valence-corrected chi connectivity index (χ3v) is 3.74. The summed E-state index contributed by atoms with van der Waals surface area (Å²) in [6.45, 7) is 2.90. The first kappa shape index (κ1) is 15.9. The van der Waals surface area contributed by atoms with Crippen LogP contribution in [0.25, 0.3) is 10.8 Å². The predicted molar refractivity (Wildman–Crippen MR) is 95.3 cm³/mol. The Kier molecular flexibility index (Phi) is 4.96. The van der Waals surface area contributed by atoms with Crippen LogP contribution < -0.4 is 9.47 Å². The van der Waals surface area contributed by atoms with Crippen LogP contribution in [-0.4, -0.2) is 18.0 Å². The van der Waals surface area contributed by atoms with E-state index in [0.29, 0.717) is 24.7 Å². The Labute approximate surface area is 141 Å². The van der Waals surface area contributed by atoms with Crippen molar-refractivity contribution in [1.29, 1.82) is 0 Å². The highest BCUT2D eigenvalue weighted by Gasteiger charge is 2.08. The first-order chi connectivity index (χ1) is 11.8. The van der Waals surface area contributed by atoms with Gasteiger partial charge in [0.2, 0.25) is 0 Å². The van der Waals surface area contributed by atoms with Crippen LogP contribution in [0.15, 0.2) is 65.8 Å². The van der Waals surface area contributed by atoms with E-state index in [4.69, 9.17) is 14.7 Å². The Balaban J connectivity index is 1.85. The molecule has 4 nitrogen and oxygen atoms in total. The largest absolute Gasteiger partial charge is 0.490 e. The Bertz CT molecular complexity index is 853. The summed E-state index contributed by atoms with van der Waals surface area (Å²) in [6.07, 6.45) is 1.36. The monoisotopic (exact) mass is 321 g/mol. The summed E-state index contributed by atoms with van der Waals surface area (Å²) in [5.74, 6) is 1.30. The van der Waals surface area contributed by atoms with Crippen molar-refractivity contribution in [3.05, 3.63) is 71.8 Å². The van der Waals surface area contributed by atoms with Crippen molar-refractivity contribution in [3.63, 3.8) is 0 Å². The highest BCUT2D eigenvalue weighted by atomic mass is 16.5. The molecular formula is C20H19NO3. The normalized spacial score (nSPS) is 11.0. The van der Waals surface area contributed by atoms with E-state index in [0.717, 1.165) is 11.1 Å². The van der Waals surface area contributed by atoms with Crippen molar-refractivity contribution >= 4 is 17.0 Å². The van der Waals surface area contributed by atoms with Crippen molar-refractivity contribution in [2.75, 3.05) is 6.61 Å². The molecule has 0 bridgehead atoms. The quantitative estimate of drug-likeness (QED) is 0.409. The molecule has 0 aromatic heterocycles. The fraction of sp³-hybridized carbons (Fsp3) is 0.150. The summed E-state index contributed by atoms with van der Waals surface area (Å²) in [5, 5.41) is 14.1. The first-order valence-corrected chi connectivity index (χ1v) is 7.85. The minimum atomic E-state index is 0.453. The standard InChI is InChI=1S/C20H19NO3/c1-2-23-20-12-15(13-21-22)10-11-19(20)24-14-17-8-5-7-16-6-3-4-9-18(16)17/h3-13,22H,2,14H2,1H3/b21-13+. The van der Waals surface area contributed by atoms with Gasteiger partial charge in [-0.25, -0.2) is 0 Å². The van der Waals surface area contributed by atoms with Gasteiger partial charge < -0.3 is 14.7 Å². The minimum Gasteiger partial charge on any atom is -0.490 e. The van der Waals surface area contributed by atoms with Crippen LogP contribution in [0.2, 0.25) is 0 Å². The third-order valence-electron chi connectivity index (χ3n) is 3.74. The number of hydrogen-bond donors (Lipinski definition) is 1. The summed E-state index contributed by atoms with van der Waals surface area (Å²) < 4.78 is 11.6. The SMILES string of the molecule is CCOc1cc(/C=N/O)ccc1OCc1cccc2ccccc12. The van der Waals surface area contributed by atoms with E-state index in [9.17, 15) is 0 Å². The van der Waals surface area contributed by atoms with Gasteiger partial charge in [0.05, 0.1) is 12.8 Å².